The Morgan fingerprint density at radius 3 is 2.53 bits per heavy atom. The Bertz CT molecular complexity index is 641. The molecular formula is C17H15NO. The molecule has 2 aromatic carbocycles. The first kappa shape index (κ1) is 11.7. The molecule has 1 aliphatic rings. The van der Waals surface area contributed by atoms with Gasteiger partial charge in [0.1, 0.15) is 12.8 Å². The van der Waals surface area contributed by atoms with E-state index in [0.717, 1.165) is 12.1 Å². The summed E-state index contributed by atoms with van der Waals surface area (Å²) in [5, 5.41) is 4.19. The van der Waals surface area contributed by atoms with Gasteiger partial charge in [-0.15, -0.1) is 0 Å². The Labute approximate surface area is 113 Å². The molecule has 94 valence electrons. The van der Waals surface area contributed by atoms with E-state index in [1.54, 1.807) is 7.11 Å². The van der Waals surface area contributed by atoms with Gasteiger partial charge in [0.25, 0.3) is 0 Å². The van der Waals surface area contributed by atoms with Crippen LogP contribution in [0.15, 0.2) is 65.3 Å². The number of fused-ring (bicyclic) bond motifs is 1. The van der Waals surface area contributed by atoms with Crippen molar-refractivity contribution in [2.45, 2.75) is 6.42 Å². The Hall–Kier alpha value is -2.35. The Morgan fingerprint density at radius 1 is 1.00 bits per heavy atom. The monoisotopic (exact) mass is 249 g/mol. The first-order valence-electron chi connectivity index (χ1n) is 6.34. The van der Waals surface area contributed by atoms with Crippen molar-refractivity contribution in [2.24, 2.45) is 5.16 Å². The minimum atomic E-state index is 0.910. The SMILES string of the molecule is CON=C1C(=Cc2ccccc2)Cc2ccccc21. The van der Waals surface area contributed by atoms with Gasteiger partial charge in [-0.1, -0.05) is 59.8 Å². The third-order valence-corrected chi connectivity index (χ3v) is 3.28. The predicted molar refractivity (Wildman–Crippen MR) is 78.1 cm³/mol. The van der Waals surface area contributed by atoms with Crippen LogP contribution in [0.3, 0.4) is 0 Å². The zero-order chi connectivity index (χ0) is 13.1. The van der Waals surface area contributed by atoms with Gasteiger partial charge in [0, 0.05) is 12.0 Å². The molecule has 0 atom stereocenters. The summed E-state index contributed by atoms with van der Waals surface area (Å²) in [6.07, 6.45) is 3.09. The summed E-state index contributed by atoms with van der Waals surface area (Å²) in [6.45, 7) is 0. The van der Waals surface area contributed by atoms with Crippen molar-refractivity contribution in [3.8, 4) is 0 Å². The maximum absolute atomic E-state index is 5.00. The summed E-state index contributed by atoms with van der Waals surface area (Å²) in [4.78, 5) is 5.00. The van der Waals surface area contributed by atoms with E-state index in [9.17, 15) is 0 Å². The third kappa shape index (κ3) is 2.29. The molecule has 2 nitrogen and oxygen atoms in total. The van der Waals surface area contributed by atoms with Gasteiger partial charge in [0.15, 0.2) is 0 Å². The molecule has 0 N–H and O–H groups in total. The Morgan fingerprint density at radius 2 is 1.74 bits per heavy atom. The molecule has 0 saturated carbocycles. The largest absolute Gasteiger partial charge is 0.399 e. The van der Waals surface area contributed by atoms with Crippen molar-refractivity contribution in [3.05, 3.63) is 76.9 Å². The smallest absolute Gasteiger partial charge is 0.113 e. The van der Waals surface area contributed by atoms with Crippen molar-refractivity contribution in [1.82, 2.24) is 0 Å². The highest BCUT2D eigenvalue weighted by molar-refractivity contribution is 6.18. The van der Waals surface area contributed by atoms with Gasteiger partial charge in [0.05, 0.1) is 0 Å². The highest BCUT2D eigenvalue weighted by Crippen LogP contribution is 2.28. The van der Waals surface area contributed by atoms with Gasteiger partial charge in [-0.3, -0.25) is 0 Å². The summed E-state index contributed by atoms with van der Waals surface area (Å²) in [7, 11) is 1.59. The van der Waals surface area contributed by atoms with Gasteiger partial charge in [-0.2, -0.15) is 0 Å². The number of hydrogen-bond donors (Lipinski definition) is 0. The lowest BCUT2D eigenvalue weighted by Crippen LogP contribution is -1.98. The molecule has 0 spiro atoms. The topological polar surface area (TPSA) is 21.6 Å². The van der Waals surface area contributed by atoms with E-state index in [1.807, 2.05) is 24.3 Å². The minimum absolute atomic E-state index is 0.910. The van der Waals surface area contributed by atoms with Crippen molar-refractivity contribution in [3.63, 3.8) is 0 Å². The van der Waals surface area contributed by atoms with Crippen LogP contribution < -0.4 is 0 Å². The summed E-state index contributed by atoms with van der Waals surface area (Å²) < 4.78 is 0. The second-order valence-electron chi connectivity index (χ2n) is 4.54. The average molecular weight is 249 g/mol. The maximum Gasteiger partial charge on any atom is 0.113 e. The van der Waals surface area contributed by atoms with Crippen LogP contribution >= 0.6 is 0 Å². The molecule has 19 heavy (non-hydrogen) atoms. The van der Waals surface area contributed by atoms with Crippen LogP contribution in [-0.4, -0.2) is 12.8 Å². The number of hydrogen-bond acceptors (Lipinski definition) is 2. The first-order valence-corrected chi connectivity index (χ1v) is 6.34. The van der Waals surface area contributed by atoms with Gasteiger partial charge in [0.2, 0.25) is 0 Å². The van der Waals surface area contributed by atoms with E-state index in [0.29, 0.717) is 0 Å². The van der Waals surface area contributed by atoms with Crippen LogP contribution in [0.25, 0.3) is 6.08 Å². The normalized spacial score (nSPS) is 17.7. The molecule has 0 bridgehead atoms. The van der Waals surface area contributed by atoms with Crippen molar-refractivity contribution >= 4 is 11.8 Å². The minimum Gasteiger partial charge on any atom is -0.399 e. The molecule has 2 aromatic rings. The number of allylic oxidation sites excluding steroid dienone is 1. The molecule has 0 saturated heterocycles. The summed E-state index contributed by atoms with van der Waals surface area (Å²) in [6, 6.07) is 18.6. The van der Waals surface area contributed by atoms with Gasteiger partial charge in [-0.05, 0) is 22.8 Å². The first-order chi connectivity index (χ1) is 9.38. The summed E-state index contributed by atoms with van der Waals surface area (Å²) in [5.74, 6) is 0. The molecular weight excluding hydrogens is 234 g/mol. The highest BCUT2D eigenvalue weighted by Gasteiger charge is 2.22. The second-order valence-corrected chi connectivity index (χ2v) is 4.54. The summed E-state index contributed by atoms with van der Waals surface area (Å²) >= 11 is 0. The van der Waals surface area contributed by atoms with E-state index in [2.05, 4.69) is 41.6 Å². The number of benzene rings is 2. The standard InChI is InChI=1S/C17H15NO/c1-19-18-17-15(11-13-7-3-2-4-8-13)12-14-9-5-6-10-16(14)17/h2-11H,12H2,1H3. The van der Waals surface area contributed by atoms with Crippen LogP contribution in [0, 0.1) is 0 Å². The van der Waals surface area contributed by atoms with E-state index < -0.39 is 0 Å². The average Bonchev–Trinajstić information content (AvgIpc) is 2.79. The van der Waals surface area contributed by atoms with Gasteiger partial charge < -0.3 is 4.84 Å². The number of nitrogens with zero attached hydrogens (tertiary/aromatic N) is 1. The number of rotatable bonds is 2. The number of oxime groups is 1. The molecule has 0 unspecified atom stereocenters. The summed E-state index contributed by atoms with van der Waals surface area (Å²) in [5.41, 5.74) is 5.82. The molecule has 0 aromatic heterocycles. The second kappa shape index (κ2) is 5.11. The highest BCUT2D eigenvalue weighted by atomic mass is 16.6. The fraction of sp³-hybridized carbons (Fsp3) is 0.118. The zero-order valence-electron chi connectivity index (χ0n) is 10.8. The molecule has 3 rings (SSSR count). The van der Waals surface area contributed by atoms with E-state index in [1.165, 1.54) is 22.3 Å². The van der Waals surface area contributed by atoms with Crippen molar-refractivity contribution in [1.29, 1.82) is 0 Å². The Kier molecular flexibility index (Phi) is 3.15. The van der Waals surface area contributed by atoms with Crippen LogP contribution in [0.1, 0.15) is 16.7 Å². The van der Waals surface area contributed by atoms with Crippen molar-refractivity contribution < 1.29 is 4.84 Å². The van der Waals surface area contributed by atoms with E-state index in [4.69, 9.17) is 4.84 Å². The zero-order valence-corrected chi connectivity index (χ0v) is 10.8. The van der Waals surface area contributed by atoms with Crippen molar-refractivity contribution in [2.75, 3.05) is 7.11 Å². The molecule has 0 radical (unpaired) electrons. The van der Waals surface area contributed by atoms with Crippen LogP contribution in [0.2, 0.25) is 0 Å². The molecule has 0 fully saturated rings. The lowest BCUT2D eigenvalue weighted by atomic mass is 10.1. The fourth-order valence-electron chi connectivity index (χ4n) is 2.44. The fourth-order valence-corrected chi connectivity index (χ4v) is 2.44. The quantitative estimate of drug-likeness (QED) is 0.744. The van der Waals surface area contributed by atoms with Gasteiger partial charge in [-0.25, -0.2) is 0 Å². The van der Waals surface area contributed by atoms with Gasteiger partial charge >= 0.3 is 0 Å². The lowest BCUT2D eigenvalue weighted by Gasteiger charge is -2.01. The molecule has 0 aliphatic heterocycles. The molecule has 1 aliphatic carbocycles. The van der Waals surface area contributed by atoms with Crippen LogP contribution in [0.5, 0.6) is 0 Å². The third-order valence-electron chi connectivity index (χ3n) is 3.28. The van der Waals surface area contributed by atoms with E-state index in [-0.39, 0.29) is 0 Å². The van der Waals surface area contributed by atoms with E-state index >= 15 is 0 Å². The van der Waals surface area contributed by atoms with Crippen LogP contribution in [0.4, 0.5) is 0 Å². The molecule has 2 heteroatoms. The molecule has 0 amide bonds. The lowest BCUT2D eigenvalue weighted by molar-refractivity contribution is 0.214. The maximum atomic E-state index is 5.00. The van der Waals surface area contributed by atoms with Crippen LogP contribution in [-0.2, 0) is 11.3 Å². The predicted octanol–water partition coefficient (Wildman–Crippen LogP) is 3.68. The molecule has 0 heterocycles. The Balaban J connectivity index is 2.05.